The molecule has 4 N–H and O–H groups in total. The van der Waals surface area contributed by atoms with E-state index < -0.39 is 5.91 Å². The van der Waals surface area contributed by atoms with E-state index in [0.717, 1.165) is 37.9 Å². The van der Waals surface area contributed by atoms with Crippen molar-refractivity contribution in [1.82, 2.24) is 10.3 Å². The van der Waals surface area contributed by atoms with E-state index in [1.54, 1.807) is 24.4 Å². The van der Waals surface area contributed by atoms with Gasteiger partial charge in [0.15, 0.2) is 5.78 Å². The van der Waals surface area contributed by atoms with Crippen LogP contribution in [0.2, 0.25) is 0 Å². The van der Waals surface area contributed by atoms with Crippen molar-refractivity contribution in [1.29, 1.82) is 0 Å². The summed E-state index contributed by atoms with van der Waals surface area (Å²) in [6, 6.07) is 9.46. The van der Waals surface area contributed by atoms with E-state index in [1.165, 1.54) is 6.92 Å². The Morgan fingerprint density at radius 2 is 1.77 bits per heavy atom. The van der Waals surface area contributed by atoms with Gasteiger partial charge in [-0.25, -0.2) is 4.98 Å². The number of rotatable bonds is 7. The first-order chi connectivity index (χ1) is 16.9. The Balaban J connectivity index is 1.26. The predicted molar refractivity (Wildman–Crippen MR) is 132 cm³/mol. The molecule has 1 aromatic heterocycles. The molecule has 0 saturated carbocycles. The topological polar surface area (TPSA) is 127 Å². The van der Waals surface area contributed by atoms with E-state index in [-0.39, 0.29) is 23.8 Å². The van der Waals surface area contributed by atoms with Crippen molar-refractivity contribution in [2.75, 3.05) is 23.4 Å². The molecule has 2 aromatic rings. The van der Waals surface area contributed by atoms with Gasteiger partial charge in [0.05, 0.1) is 18.2 Å². The van der Waals surface area contributed by atoms with Gasteiger partial charge in [-0.1, -0.05) is 0 Å². The van der Waals surface area contributed by atoms with E-state index in [0.29, 0.717) is 47.7 Å². The Bertz CT molecular complexity index is 1120. The number of nitrogens with one attached hydrogen (secondary N) is 2. The summed E-state index contributed by atoms with van der Waals surface area (Å²) >= 11 is 0. The molecule has 3 aliphatic heterocycles. The maximum atomic E-state index is 13.1. The summed E-state index contributed by atoms with van der Waals surface area (Å²) in [6.45, 7) is 2.77. The van der Waals surface area contributed by atoms with Crippen LogP contribution in [-0.2, 0) is 4.74 Å². The standard InChI is InChI=1S/C26H31N5O4/c1-15(32)17-3-7-24(28-13-17)31-20-4-5-21(31)12-19(11-20)30-26(34)16-2-6-22(25(27)33)23(10-16)29-18-8-9-35-14-18/h2-3,6-7,10,13,18-21,29H,4-5,8-9,11-12,14H2,1H3,(H2,27,33)(H,30,34)/t18?,19?,20-,21+. The predicted octanol–water partition coefficient (Wildman–Crippen LogP) is 2.51. The molecule has 0 aliphatic carbocycles. The molecule has 0 radical (unpaired) electrons. The molecule has 2 unspecified atom stereocenters. The van der Waals surface area contributed by atoms with Gasteiger partial charge in [-0.15, -0.1) is 0 Å². The molecule has 2 bridgehead atoms. The number of pyridine rings is 1. The van der Waals surface area contributed by atoms with E-state index in [4.69, 9.17) is 10.5 Å². The van der Waals surface area contributed by atoms with Crippen LogP contribution >= 0.6 is 0 Å². The van der Waals surface area contributed by atoms with Crippen molar-refractivity contribution in [3.8, 4) is 0 Å². The van der Waals surface area contributed by atoms with Crippen molar-refractivity contribution in [3.63, 3.8) is 0 Å². The average molecular weight is 478 g/mol. The van der Waals surface area contributed by atoms with Gasteiger partial charge in [0.25, 0.3) is 11.8 Å². The number of anilines is 2. The van der Waals surface area contributed by atoms with Crippen LogP contribution in [0.3, 0.4) is 0 Å². The van der Waals surface area contributed by atoms with Crippen LogP contribution in [0.15, 0.2) is 36.5 Å². The maximum Gasteiger partial charge on any atom is 0.251 e. The van der Waals surface area contributed by atoms with Crippen LogP contribution in [0.1, 0.15) is 70.1 Å². The molecule has 35 heavy (non-hydrogen) atoms. The van der Waals surface area contributed by atoms with Crippen LogP contribution in [0.4, 0.5) is 11.5 Å². The van der Waals surface area contributed by atoms with Crippen LogP contribution in [0.5, 0.6) is 0 Å². The van der Waals surface area contributed by atoms with Gasteiger partial charge >= 0.3 is 0 Å². The minimum absolute atomic E-state index is 0.00670. The summed E-state index contributed by atoms with van der Waals surface area (Å²) in [7, 11) is 0. The Morgan fingerprint density at radius 3 is 2.37 bits per heavy atom. The molecule has 3 saturated heterocycles. The van der Waals surface area contributed by atoms with Gasteiger partial charge in [0.2, 0.25) is 0 Å². The minimum atomic E-state index is -0.535. The molecule has 9 heteroatoms. The highest BCUT2D eigenvalue weighted by Crippen LogP contribution is 2.38. The number of amides is 2. The number of benzene rings is 1. The third kappa shape index (κ3) is 4.86. The molecular weight excluding hydrogens is 446 g/mol. The van der Waals surface area contributed by atoms with E-state index >= 15 is 0 Å². The van der Waals surface area contributed by atoms with Crippen molar-refractivity contribution in [3.05, 3.63) is 53.2 Å². The fourth-order valence-electron chi connectivity index (χ4n) is 5.57. The number of carbonyl (C=O) groups is 3. The number of piperidine rings is 1. The zero-order valence-corrected chi connectivity index (χ0v) is 19.8. The zero-order chi connectivity index (χ0) is 24.5. The molecule has 9 nitrogen and oxygen atoms in total. The highest BCUT2D eigenvalue weighted by atomic mass is 16.5. The number of primary amides is 1. The molecule has 3 aliphatic rings. The van der Waals surface area contributed by atoms with Gasteiger partial charge < -0.3 is 26.0 Å². The number of aromatic nitrogens is 1. The lowest BCUT2D eigenvalue weighted by Crippen LogP contribution is -2.50. The molecule has 4 heterocycles. The summed E-state index contributed by atoms with van der Waals surface area (Å²) < 4.78 is 5.41. The number of ether oxygens (including phenoxy) is 1. The Morgan fingerprint density at radius 1 is 1.03 bits per heavy atom. The minimum Gasteiger partial charge on any atom is -0.379 e. The Labute approximate surface area is 204 Å². The Hall–Kier alpha value is -3.46. The normalized spacial score (nSPS) is 25.3. The monoisotopic (exact) mass is 477 g/mol. The average Bonchev–Trinajstić information content (AvgIpc) is 3.44. The lowest BCUT2D eigenvalue weighted by Gasteiger charge is -2.40. The van der Waals surface area contributed by atoms with Crippen LogP contribution in [0.25, 0.3) is 0 Å². The number of carbonyl (C=O) groups excluding carboxylic acids is 3. The first-order valence-electron chi connectivity index (χ1n) is 12.2. The molecule has 184 valence electrons. The first kappa shape index (κ1) is 23.3. The number of hydrogen-bond donors (Lipinski definition) is 3. The SMILES string of the molecule is CC(=O)c1ccc(N2[C@@H]3CC[C@H]2CC(NC(=O)c2ccc(C(N)=O)c(NC4CCOC4)c2)C3)nc1. The van der Waals surface area contributed by atoms with Gasteiger partial charge in [-0.05, 0) is 69.4 Å². The van der Waals surface area contributed by atoms with Crippen molar-refractivity contribution in [2.45, 2.75) is 63.2 Å². The summed E-state index contributed by atoms with van der Waals surface area (Å²) in [5.74, 6) is 0.203. The third-order valence-electron chi connectivity index (χ3n) is 7.32. The quantitative estimate of drug-likeness (QED) is 0.523. The Kier molecular flexibility index (Phi) is 6.42. The number of ketones is 1. The summed E-state index contributed by atoms with van der Waals surface area (Å²) in [5.41, 5.74) is 7.58. The second-order valence-corrected chi connectivity index (χ2v) is 9.72. The molecule has 0 spiro atoms. The van der Waals surface area contributed by atoms with Gasteiger partial charge in [-0.2, -0.15) is 0 Å². The fraction of sp³-hybridized carbons (Fsp3) is 0.462. The molecular formula is C26H31N5O4. The number of nitrogens with two attached hydrogens (primary N) is 1. The number of fused-ring (bicyclic) bond motifs is 2. The van der Waals surface area contributed by atoms with E-state index in [9.17, 15) is 14.4 Å². The number of nitrogens with zero attached hydrogens (tertiary/aromatic N) is 2. The third-order valence-corrected chi connectivity index (χ3v) is 7.32. The zero-order valence-electron chi connectivity index (χ0n) is 19.8. The van der Waals surface area contributed by atoms with Gasteiger partial charge in [0.1, 0.15) is 5.82 Å². The van der Waals surface area contributed by atoms with Gasteiger partial charge in [-0.3, -0.25) is 14.4 Å². The summed E-state index contributed by atoms with van der Waals surface area (Å²) in [6.07, 6.45) is 6.26. The van der Waals surface area contributed by atoms with E-state index in [1.807, 2.05) is 12.1 Å². The highest BCUT2D eigenvalue weighted by molar-refractivity contribution is 6.02. The van der Waals surface area contributed by atoms with Gasteiger partial charge in [0, 0.05) is 47.7 Å². The summed E-state index contributed by atoms with van der Waals surface area (Å²) in [4.78, 5) is 43.5. The lowest BCUT2D eigenvalue weighted by atomic mass is 9.96. The number of Topliss-reactive ketones (excluding diaryl/α,β-unsaturated/α-hetero) is 1. The first-order valence-corrected chi connectivity index (χ1v) is 12.2. The number of hydrogen-bond acceptors (Lipinski definition) is 7. The van der Waals surface area contributed by atoms with Crippen molar-refractivity contribution in [2.24, 2.45) is 5.73 Å². The smallest absolute Gasteiger partial charge is 0.251 e. The van der Waals surface area contributed by atoms with Crippen LogP contribution < -0.4 is 21.3 Å². The molecule has 4 atom stereocenters. The second-order valence-electron chi connectivity index (χ2n) is 9.72. The maximum absolute atomic E-state index is 13.1. The summed E-state index contributed by atoms with van der Waals surface area (Å²) in [5, 5.41) is 6.51. The van der Waals surface area contributed by atoms with E-state index in [2.05, 4.69) is 20.5 Å². The van der Waals surface area contributed by atoms with Crippen molar-refractivity contribution >= 4 is 29.1 Å². The molecule has 2 amide bonds. The highest BCUT2D eigenvalue weighted by Gasteiger charge is 2.41. The second kappa shape index (κ2) is 9.65. The molecule has 3 fully saturated rings. The lowest BCUT2D eigenvalue weighted by molar-refractivity contribution is 0.0924. The van der Waals surface area contributed by atoms with Crippen molar-refractivity contribution < 1.29 is 19.1 Å². The fourth-order valence-corrected chi connectivity index (χ4v) is 5.57. The van der Waals surface area contributed by atoms with Crippen LogP contribution in [0, 0.1) is 0 Å². The van der Waals surface area contributed by atoms with Crippen LogP contribution in [-0.4, -0.2) is 60.0 Å². The largest absolute Gasteiger partial charge is 0.379 e. The molecule has 1 aromatic carbocycles. The molecule has 5 rings (SSSR count).